The van der Waals surface area contributed by atoms with Gasteiger partial charge in [0.2, 0.25) is 11.8 Å². The van der Waals surface area contributed by atoms with E-state index < -0.39 is 11.8 Å². The van der Waals surface area contributed by atoms with E-state index in [2.05, 4.69) is 25.8 Å². The minimum Gasteiger partial charge on any atom is -0.356 e. The molecule has 1 aliphatic carbocycles. The van der Waals surface area contributed by atoms with Gasteiger partial charge in [-0.25, -0.2) is 13.8 Å². The van der Waals surface area contributed by atoms with Gasteiger partial charge in [-0.15, -0.1) is 0 Å². The molecule has 1 amide bonds. The van der Waals surface area contributed by atoms with Gasteiger partial charge < -0.3 is 9.80 Å². The minimum atomic E-state index is -2.63. The molecule has 2 saturated heterocycles. The average molecular weight is 386 g/mol. The highest BCUT2D eigenvalue weighted by molar-refractivity contribution is 9.10. The standard InChI is InChI=1S/C16H18BrF2N3O/c17-13-1-2-14(20-5-13)21-6-11-8-22(9-12(11)7-21)15(23)10-3-16(18,19)4-10/h1-2,5,10-12H,3-4,6-9H2. The van der Waals surface area contributed by atoms with Gasteiger partial charge in [0.15, 0.2) is 0 Å². The maximum Gasteiger partial charge on any atom is 0.249 e. The minimum absolute atomic E-state index is 0.0707. The fraction of sp³-hybridized carbons (Fsp3) is 0.625. The molecule has 0 bridgehead atoms. The van der Waals surface area contributed by atoms with Crippen LogP contribution < -0.4 is 4.90 Å². The third kappa shape index (κ3) is 2.84. The lowest BCUT2D eigenvalue weighted by molar-refractivity contribution is -0.159. The number of carbonyl (C=O) groups excluding carboxylic acids is 1. The second kappa shape index (κ2) is 5.40. The predicted octanol–water partition coefficient (Wildman–Crippen LogP) is 2.78. The molecule has 23 heavy (non-hydrogen) atoms. The molecule has 4 rings (SSSR count). The van der Waals surface area contributed by atoms with Gasteiger partial charge in [-0.1, -0.05) is 0 Å². The molecule has 0 spiro atoms. The fourth-order valence-corrected chi connectivity index (χ4v) is 4.24. The summed E-state index contributed by atoms with van der Waals surface area (Å²) < 4.78 is 26.8. The van der Waals surface area contributed by atoms with E-state index in [-0.39, 0.29) is 18.7 Å². The Morgan fingerprint density at radius 1 is 1.17 bits per heavy atom. The number of fused-ring (bicyclic) bond motifs is 1. The topological polar surface area (TPSA) is 36.4 Å². The number of carbonyl (C=O) groups is 1. The number of alkyl halides is 2. The van der Waals surface area contributed by atoms with E-state index >= 15 is 0 Å². The Bertz CT molecular complexity index is 602. The van der Waals surface area contributed by atoms with Crippen molar-refractivity contribution >= 4 is 27.7 Å². The first-order valence-electron chi connectivity index (χ1n) is 7.94. The zero-order chi connectivity index (χ0) is 16.2. The van der Waals surface area contributed by atoms with E-state index in [1.54, 1.807) is 6.20 Å². The lowest BCUT2D eigenvalue weighted by Crippen LogP contribution is -2.46. The van der Waals surface area contributed by atoms with Crippen LogP contribution in [0.4, 0.5) is 14.6 Å². The molecule has 3 aliphatic rings. The van der Waals surface area contributed by atoms with Crippen LogP contribution in [0.2, 0.25) is 0 Å². The van der Waals surface area contributed by atoms with E-state index in [1.165, 1.54) is 0 Å². The van der Waals surface area contributed by atoms with Crippen molar-refractivity contribution in [1.29, 1.82) is 0 Å². The molecule has 3 fully saturated rings. The Balaban J connectivity index is 1.35. The molecule has 0 radical (unpaired) electrons. The third-order valence-corrected chi connectivity index (χ3v) is 5.74. The molecule has 2 unspecified atom stereocenters. The highest BCUT2D eigenvalue weighted by Gasteiger charge is 2.51. The summed E-state index contributed by atoms with van der Waals surface area (Å²) in [6, 6.07) is 3.97. The molecule has 2 atom stereocenters. The summed E-state index contributed by atoms with van der Waals surface area (Å²) >= 11 is 3.38. The number of likely N-dealkylation sites (tertiary alicyclic amines) is 1. The van der Waals surface area contributed by atoms with E-state index in [0.29, 0.717) is 24.9 Å². The number of rotatable bonds is 2. The number of amides is 1. The van der Waals surface area contributed by atoms with Crippen LogP contribution in [0.5, 0.6) is 0 Å². The first-order chi connectivity index (χ1) is 10.9. The monoisotopic (exact) mass is 385 g/mol. The summed E-state index contributed by atoms with van der Waals surface area (Å²) in [6.45, 7) is 3.14. The Morgan fingerprint density at radius 3 is 2.35 bits per heavy atom. The van der Waals surface area contributed by atoms with E-state index in [1.807, 2.05) is 17.0 Å². The van der Waals surface area contributed by atoms with Gasteiger partial charge in [0, 0.05) is 67.4 Å². The maximum absolute atomic E-state index is 12.9. The van der Waals surface area contributed by atoms with Crippen molar-refractivity contribution in [3.8, 4) is 0 Å². The molecule has 1 saturated carbocycles. The average Bonchev–Trinajstić information content (AvgIpc) is 3.03. The number of halogens is 3. The normalized spacial score (nSPS) is 29.5. The summed E-state index contributed by atoms with van der Waals surface area (Å²) in [5.41, 5.74) is 0. The smallest absolute Gasteiger partial charge is 0.249 e. The van der Waals surface area contributed by atoms with E-state index in [9.17, 15) is 13.6 Å². The van der Waals surface area contributed by atoms with Crippen molar-refractivity contribution in [3.63, 3.8) is 0 Å². The highest BCUT2D eigenvalue weighted by Crippen LogP contribution is 2.44. The van der Waals surface area contributed by atoms with Crippen LogP contribution in [0.25, 0.3) is 0 Å². The molecule has 0 N–H and O–H groups in total. The van der Waals surface area contributed by atoms with Gasteiger partial charge in [0.1, 0.15) is 5.82 Å². The van der Waals surface area contributed by atoms with Gasteiger partial charge in [-0.05, 0) is 28.1 Å². The predicted molar refractivity (Wildman–Crippen MR) is 85.4 cm³/mol. The fourth-order valence-electron chi connectivity index (χ4n) is 4.01. The number of pyridine rings is 1. The van der Waals surface area contributed by atoms with Crippen molar-refractivity contribution in [2.24, 2.45) is 17.8 Å². The molecule has 0 aromatic carbocycles. The number of hydrogen-bond acceptors (Lipinski definition) is 3. The van der Waals surface area contributed by atoms with Gasteiger partial charge in [0.25, 0.3) is 0 Å². The number of nitrogens with zero attached hydrogens (tertiary/aromatic N) is 3. The van der Waals surface area contributed by atoms with Crippen molar-refractivity contribution in [1.82, 2.24) is 9.88 Å². The summed E-state index contributed by atoms with van der Waals surface area (Å²) in [5, 5.41) is 0. The van der Waals surface area contributed by atoms with Gasteiger partial charge in [-0.3, -0.25) is 4.79 Å². The summed E-state index contributed by atoms with van der Waals surface area (Å²) in [7, 11) is 0. The number of hydrogen-bond donors (Lipinski definition) is 0. The lowest BCUT2D eigenvalue weighted by Gasteiger charge is -2.36. The SMILES string of the molecule is O=C(C1CC(F)(F)C1)N1CC2CN(c3ccc(Br)cn3)CC2C1. The highest BCUT2D eigenvalue weighted by atomic mass is 79.9. The Hall–Kier alpha value is -1.24. The molecule has 7 heteroatoms. The first kappa shape index (κ1) is 15.3. The number of anilines is 1. The van der Waals surface area contributed by atoms with Crippen molar-refractivity contribution in [2.45, 2.75) is 18.8 Å². The van der Waals surface area contributed by atoms with Crippen molar-refractivity contribution in [2.75, 3.05) is 31.1 Å². The van der Waals surface area contributed by atoms with Gasteiger partial charge in [0.05, 0.1) is 0 Å². The molecule has 124 valence electrons. The van der Waals surface area contributed by atoms with Crippen molar-refractivity contribution in [3.05, 3.63) is 22.8 Å². The van der Waals surface area contributed by atoms with E-state index in [4.69, 9.17) is 0 Å². The molecule has 1 aromatic rings. The van der Waals surface area contributed by atoms with Gasteiger partial charge in [-0.2, -0.15) is 0 Å². The molecular weight excluding hydrogens is 368 g/mol. The molecular formula is C16H18BrF2N3O. The summed E-state index contributed by atoms with van der Waals surface area (Å²) in [5.74, 6) is -1.36. The second-order valence-corrected chi connectivity index (χ2v) is 7.88. The molecule has 1 aromatic heterocycles. The Kier molecular flexibility index (Phi) is 3.59. The zero-order valence-corrected chi connectivity index (χ0v) is 14.2. The maximum atomic E-state index is 12.9. The van der Waals surface area contributed by atoms with Gasteiger partial charge >= 0.3 is 0 Å². The summed E-state index contributed by atoms with van der Waals surface area (Å²) in [4.78, 5) is 20.8. The Morgan fingerprint density at radius 2 is 1.83 bits per heavy atom. The van der Waals surface area contributed by atoms with Crippen molar-refractivity contribution < 1.29 is 13.6 Å². The molecule has 2 aliphatic heterocycles. The van der Waals surface area contributed by atoms with Crippen LogP contribution in [-0.4, -0.2) is 47.9 Å². The quantitative estimate of drug-likeness (QED) is 0.785. The van der Waals surface area contributed by atoms with Crippen LogP contribution >= 0.6 is 15.9 Å². The van der Waals surface area contributed by atoms with Crippen LogP contribution in [0.15, 0.2) is 22.8 Å². The third-order valence-electron chi connectivity index (χ3n) is 5.27. The summed E-state index contributed by atoms with van der Waals surface area (Å²) in [6.07, 6.45) is 1.25. The van der Waals surface area contributed by atoms with Crippen LogP contribution in [-0.2, 0) is 4.79 Å². The largest absolute Gasteiger partial charge is 0.356 e. The van der Waals surface area contributed by atoms with Crippen LogP contribution in [0.1, 0.15) is 12.8 Å². The van der Waals surface area contributed by atoms with Crippen LogP contribution in [0, 0.1) is 17.8 Å². The molecule has 4 nitrogen and oxygen atoms in total. The lowest BCUT2D eigenvalue weighted by atomic mass is 9.80. The number of aromatic nitrogens is 1. The van der Waals surface area contributed by atoms with E-state index in [0.717, 1.165) is 23.4 Å². The Labute approximate surface area is 142 Å². The molecule has 3 heterocycles. The zero-order valence-electron chi connectivity index (χ0n) is 12.6. The second-order valence-electron chi connectivity index (χ2n) is 6.96. The van der Waals surface area contributed by atoms with Crippen LogP contribution in [0.3, 0.4) is 0 Å². The first-order valence-corrected chi connectivity index (χ1v) is 8.74.